The number of carbonyl (C=O) groups excluding carboxylic acids is 1. The fourth-order valence-electron chi connectivity index (χ4n) is 2.86. The van der Waals surface area contributed by atoms with E-state index in [9.17, 15) is 22.0 Å². The van der Waals surface area contributed by atoms with Crippen molar-refractivity contribution in [2.45, 2.75) is 12.8 Å². The molecular weight excluding hydrogens is 406 g/mol. The molecule has 0 aromatic heterocycles. The summed E-state index contributed by atoms with van der Waals surface area (Å²) in [5, 5.41) is 2.35. The van der Waals surface area contributed by atoms with E-state index in [1.807, 2.05) is 0 Å². The summed E-state index contributed by atoms with van der Waals surface area (Å²) in [6, 6.07) is 7.63. The minimum absolute atomic E-state index is 0.0395. The maximum atomic E-state index is 13.6. The van der Waals surface area contributed by atoms with Crippen LogP contribution in [-0.2, 0) is 14.8 Å². The Morgan fingerprint density at radius 2 is 1.83 bits per heavy atom. The lowest BCUT2D eigenvalue weighted by Crippen LogP contribution is -2.31. The predicted molar refractivity (Wildman–Crippen MR) is 104 cm³/mol. The van der Waals surface area contributed by atoms with Crippen molar-refractivity contribution in [2.24, 2.45) is 0 Å². The Labute approximate surface area is 167 Å². The first kappa shape index (κ1) is 20.8. The molecule has 0 saturated carbocycles. The summed E-state index contributed by atoms with van der Waals surface area (Å²) >= 11 is 0. The van der Waals surface area contributed by atoms with Gasteiger partial charge in [-0.2, -0.15) is 0 Å². The van der Waals surface area contributed by atoms with Crippen LogP contribution in [0.2, 0.25) is 0 Å². The van der Waals surface area contributed by atoms with Crippen LogP contribution in [0.25, 0.3) is 0 Å². The molecular formula is C19H20F2N2O5S. The summed E-state index contributed by atoms with van der Waals surface area (Å²) in [7, 11) is -3.61. The van der Waals surface area contributed by atoms with Crippen LogP contribution >= 0.6 is 0 Å². The Balaban J connectivity index is 1.63. The van der Waals surface area contributed by atoms with Gasteiger partial charge in [-0.15, -0.1) is 0 Å². The standard InChI is InChI=1S/C19H20F2N2O5S/c1-29(25,26)23(14-5-7-17-18(12-14)28-10-9-27-17)8-2-3-19(24)22-16-6-4-13(20)11-15(16)21/h4-7,11-12H,2-3,8-10H2,1H3,(H,22,24). The van der Waals surface area contributed by atoms with Gasteiger partial charge in [0.2, 0.25) is 15.9 Å². The first-order valence-electron chi connectivity index (χ1n) is 8.86. The summed E-state index contributed by atoms with van der Waals surface area (Å²) in [5.74, 6) is -1.15. The summed E-state index contributed by atoms with van der Waals surface area (Å²) in [5.41, 5.74) is 0.255. The van der Waals surface area contributed by atoms with Gasteiger partial charge in [-0.05, 0) is 30.7 Å². The highest BCUT2D eigenvalue weighted by atomic mass is 32.2. The van der Waals surface area contributed by atoms with Gasteiger partial charge in [0.05, 0.1) is 17.6 Å². The summed E-state index contributed by atoms with van der Waals surface area (Å²) in [6.45, 7) is 0.832. The number of nitrogens with one attached hydrogen (secondary N) is 1. The average Bonchev–Trinajstić information content (AvgIpc) is 2.66. The van der Waals surface area contributed by atoms with Gasteiger partial charge in [-0.25, -0.2) is 17.2 Å². The molecule has 10 heteroatoms. The maximum Gasteiger partial charge on any atom is 0.232 e. The Kier molecular flexibility index (Phi) is 6.21. The van der Waals surface area contributed by atoms with Crippen molar-refractivity contribution in [3.8, 4) is 11.5 Å². The lowest BCUT2D eigenvalue weighted by atomic mass is 10.2. The second-order valence-corrected chi connectivity index (χ2v) is 8.35. The number of ether oxygens (including phenoxy) is 2. The highest BCUT2D eigenvalue weighted by molar-refractivity contribution is 7.92. The van der Waals surface area contributed by atoms with Crippen molar-refractivity contribution in [1.29, 1.82) is 0 Å². The van der Waals surface area contributed by atoms with E-state index in [0.29, 0.717) is 36.5 Å². The molecule has 2 aromatic carbocycles. The summed E-state index contributed by atoms with van der Waals surface area (Å²) in [4.78, 5) is 12.0. The SMILES string of the molecule is CS(=O)(=O)N(CCCC(=O)Nc1ccc(F)cc1F)c1ccc2c(c1)OCCO2. The number of benzene rings is 2. The molecule has 1 heterocycles. The molecule has 0 unspecified atom stereocenters. The Hall–Kier alpha value is -2.88. The number of halogens is 2. The van der Waals surface area contributed by atoms with Crippen LogP contribution < -0.4 is 19.1 Å². The van der Waals surface area contributed by atoms with Crippen molar-refractivity contribution in [1.82, 2.24) is 0 Å². The Morgan fingerprint density at radius 3 is 2.52 bits per heavy atom. The van der Waals surface area contributed by atoms with E-state index in [0.717, 1.165) is 22.7 Å². The third-order valence-corrected chi connectivity index (χ3v) is 5.38. The largest absolute Gasteiger partial charge is 0.486 e. The van der Waals surface area contributed by atoms with Crippen LogP contribution in [0.4, 0.5) is 20.2 Å². The molecule has 0 aliphatic carbocycles. The minimum atomic E-state index is -3.61. The van der Waals surface area contributed by atoms with Crippen molar-refractivity contribution in [3.63, 3.8) is 0 Å². The zero-order valence-corrected chi connectivity index (χ0v) is 16.5. The zero-order chi connectivity index (χ0) is 21.0. The molecule has 0 saturated heterocycles. The van der Waals surface area contributed by atoms with Gasteiger partial charge in [0, 0.05) is 25.1 Å². The first-order chi connectivity index (χ1) is 13.7. The molecule has 7 nitrogen and oxygen atoms in total. The Morgan fingerprint density at radius 1 is 1.10 bits per heavy atom. The smallest absolute Gasteiger partial charge is 0.232 e. The maximum absolute atomic E-state index is 13.6. The van der Waals surface area contributed by atoms with E-state index < -0.39 is 27.6 Å². The fraction of sp³-hybridized carbons (Fsp3) is 0.316. The molecule has 0 atom stereocenters. The summed E-state index contributed by atoms with van der Waals surface area (Å²) in [6.07, 6.45) is 1.21. The molecule has 29 heavy (non-hydrogen) atoms. The number of sulfonamides is 1. The van der Waals surface area contributed by atoms with E-state index in [1.165, 1.54) is 0 Å². The number of carbonyl (C=O) groups is 1. The first-order valence-corrected chi connectivity index (χ1v) is 10.7. The van der Waals surface area contributed by atoms with Gasteiger partial charge in [-0.1, -0.05) is 0 Å². The molecule has 0 spiro atoms. The molecule has 0 fully saturated rings. The van der Waals surface area contributed by atoms with E-state index in [1.54, 1.807) is 18.2 Å². The number of rotatable bonds is 7. The molecule has 0 radical (unpaired) electrons. The highest BCUT2D eigenvalue weighted by Crippen LogP contribution is 2.34. The highest BCUT2D eigenvalue weighted by Gasteiger charge is 2.21. The second kappa shape index (κ2) is 8.64. The molecule has 1 amide bonds. The van der Waals surface area contributed by atoms with Crippen LogP contribution in [0, 0.1) is 11.6 Å². The van der Waals surface area contributed by atoms with Gasteiger partial charge in [0.1, 0.15) is 24.8 Å². The van der Waals surface area contributed by atoms with Crippen molar-refractivity contribution >= 4 is 27.3 Å². The monoisotopic (exact) mass is 426 g/mol. The molecule has 1 aliphatic rings. The third kappa shape index (κ3) is 5.35. The Bertz CT molecular complexity index is 1010. The number of hydrogen-bond donors (Lipinski definition) is 1. The van der Waals surface area contributed by atoms with Gasteiger partial charge >= 0.3 is 0 Å². The number of nitrogens with zero attached hydrogens (tertiary/aromatic N) is 1. The second-order valence-electron chi connectivity index (χ2n) is 6.44. The number of amides is 1. The van der Waals surface area contributed by atoms with Gasteiger partial charge < -0.3 is 14.8 Å². The van der Waals surface area contributed by atoms with Crippen LogP contribution in [0.3, 0.4) is 0 Å². The fourth-order valence-corrected chi connectivity index (χ4v) is 3.82. The minimum Gasteiger partial charge on any atom is -0.486 e. The number of anilines is 2. The predicted octanol–water partition coefficient (Wildman–Crippen LogP) is 2.92. The van der Waals surface area contributed by atoms with Gasteiger partial charge in [-0.3, -0.25) is 9.10 Å². The summed E-state index contributed by atoms with van der Waals surface area (Å²) < 4.78 is 63.0. The number of hydrogen-bond acceptors (Lipinski definition) is 5. The van der Waals surface area contributed by atoms with Gasteiger partial charge in [0.25, 0.3) is 0 Å². The van der Waals surface area contributed by atoms with Gasteiger partial charge in [0.15, 0.2) is 11.5 Å². The molecule has 2 aromatic rings. The molecule has 1 N–H and O–H groups in total. The molecule has 1 aliphatic heterocycles. The normalized spacial score (nSPS) is 13.1. The quantitative estimate of drug-likeness (QED) is 0.736. The third-order valence-electron chi connectivity index (χ3n) is 4.18. The van der Waals surface area contributed by atoms with Crippen molar-refractivity contribution in [2.75, 3.05) is 35.6 Å². The lowest BCUT2D eigenvalue weighted by Gasteiger charge is -2.25. The zero-order valence-electron chi connectivity index (χ0n) is 15.7. The van der Waals surface area contributed by atoms with E-state index >= 15 is 0 Å². The van der Waals surface area contributed by atoms with E-state index in [-0.39, 0.29) is 25.1 Å². The average molecular weight is 426 g/mol. The van der Waals surface area contributed by atoms with Crippen LogP contribution in [0.15, 0.2) is 36.4 Å². The van der Waals surface area contributed by atoms with Crippen molar-refractivity contribution in [3.05, 3.63) is 48.0 Å². The van der Waals surface area contributed by atoms with Crippen LogP contribution in [0.1, 0.15) is 12.8 Å². The van der Waals surface area contributed by atoms with Crippen LogP contribution in [-0.4, -0.2) is 40.3 Å². The molecule has 3 rings (SSSR count). The van der Waals surface area contributed by atoms with Crippen molar-refractivity contribution < 1.29 is 31.5 Å². The topological polar surface area (TPSA) is 84.9 Å². The molecule has 156 valence electrons. The van der Waals surface area contributed by atoms with E-state index in [4.69, 9.17) is 9.47 Å². The lowest BCUT2D eigenvalue weighted by molar-refractivity contribution is -0.116. The van der Waals surface area contributed by atoms with E-state index in [2.05, 4.69) is 5.32 Å². The molecule has 0 bridgehead atoms. The van der Waals surface area contributed by atoms with Crippen LogP contribution in [0.5, 0.6) is 11.5 Å². The number of fused-ring (bicyclic) bond motifs is 1.